The number of rotatable bonds is 6. The van der Waals surface area contributed by atoms with Gasteiger partial charge in [-0.2, -0.15) is 0 Å². The Morgan fingerprint density at radius 3 is 1.98 bits per heavy atom. The fourth-order valence-electron chi connectivity index (χ4n) is 4.99. The van der Waals surface area contributed by atoms with E-state index in [0.717, 1.165) is 44.5 Å². The van der Waals surface area contributed by atoms with Crippen molar-refractivity contribution in [2.24, 2.45) is 0 Å². The monoisotopic (exact) mass is 735 g/mol. The van der Waals surface area contributed by atoms with Gasteiger partial charge in [0, 0.05) is 40.6 Å². The van der Waals surface area contributed by atoms with Crippen molar-refractivity contribution in [1.29, 1.82) is 0 Å². The van der Waals surface area contributed by atoms with Crippen LogP contribution in [0.2, 0.25) is 0 Å². The second-order valence-corrected chi connectivity index (χ2v) is 13.9. The van der Waals surface area contributed by atoms with E-state index in [-0.39, 0.29) is 12.4 Å². The molecule has 0 fully saturated rings. The van der Waals surface area contributed by atoms with Crippen LogP contribution in [0.3, 0.4) is 0 Å². The minimum atomic E-state index is -0.270. The van der Waals surface area contributed by atoms with Gasteiger partial charge in [-0.25, -0.2) is 19.3 Å². The fraction of sp³-hybridized carbons (Fsp3) is 0.213. The predicted molar refractivity (Wildman–Crippen MR) is 221 cm³/mol. The van der Waals surface area contributed by atoms with Gasteiger partial charge < -0.3 is 9.84 Å². The van der Waals surface area contributed by atoms with Crippen molar-refractivity contribution in [2.45, 2.75) is 54.9 Å². The van der Waals surface area contributed by atoms with E-state index < -0.39 is 0 Å². The normalized spacial score (nSPS) is 10.2. The Kier molecular flexibility index (Phi) is 15.9. The van der Waals surface area contributed by atoms with E-state index in [2.05, 4.69) is 84.5 Å². The molecule has 7 heteroatoms. The van der Waals surface area contributed by atoms with E-state index in [0.29, 0.717) is 24.5 Å². The summed E-state index contributed by atoms with van der Waals surface area (Å²) in [6.07, 6.45) is 4.17. The summed E-state index contributed by atoms with van der Waals surface area (Å²) < 4.78 is 18.7. The molecular formula is C47H46FN3O2S. The maximum absolute atomic E-state index is 13.1. The second kappa shape index (κ2) is 21.0. The molecule has 0 radical (unpaired) electrons. The molecular weight excluding hydrogens is 690 g/mol. The van der Waals surface area contributed by atoms with Crippen molar-refractivity contribution in [1.82, 2.24) is 15.0 Å². The average Bonchev–Trinajstić information content (AvgIpc) is 3.57. The molecule has 0 atom stereocenters. The molecule has 0 aliphatic carbocycles. The summed E-state index contributed by atoms with van der Waals surface area (Å²) in [6, 6.07) is 30.3. The van der Waals surface area contributed by atoms with Gasteiger partial charge in [-0.1, -0.05) is 42.3 Å². The van der Waals surface area contributed by atoms with E-state index in [4.69, 9.17) is 9.84 Å². The third kappa shape index (κ3) is 13.9. The van der Waals surface area contributed by atoms with Crippen LogP contribution < -0.4 is 4.74 Å². The Bertz CT molecular complexity index is 2320. The number of aliphatic hydroxyl groups excluding tert-OH is 1. The molecule has 0 aliphatic rings. The van der Waals surface area contributed by atoms with Crippen LogP contribution in [0.1, 0.15) is 78.2 Å². The number of benzene rings is 2. The summed E-state index contributed by atoms with van der Waals surface area (Å²) in [5.74, 6) is 12.9. The SMILES string of the molecule is Cc1cc(C)c(C)c(C#Cc2cccc(C)n2)c1.Cc1ccc(OCCCO)c(C=Cc2cccc(F)c2)n1.Cc1cccc(C#Cc2ccc(C)s2)n1. The van der Waals surface area contributed by atoms with E-state index >= 15 is 0 Å². The summed E-state index contributed by atoms with van der Waals surface area (Å²) in [6.45, 7) is 14.8. The molecule has 4 aromatic heterocycles. The molecule has 4 heterocycles. The highest BCUT2D eigenvalue weighted by Crippen LogP contribution is 2.20. The number of hydrogen-bond acceptors (Lipinski definition) is 6. The standard InChI is InChI=1S/C17H18FNO2.C17H17N.C13H11NS/c1-13-6-9-17(21-11-3-10-20)16(19-13)8-7-14-4-2-5-15(18)12-14;1-12-10-13(2)15(4)16(11-12)8-9-17-7-5-6-14(3)18-17;1-10-4-3-5-12(14-10)7-9-13-8-6-11(2)15-13/h2,4-9,12,20H,3,10-11H2,1H3;5-7,10-11H,1-4H3;3-6,8H,1-2H3. The molecule has 274 valence electrons. The number of aryl methyl sites for hydroxylation is 6. The quantitative estimate of drug-likeness (QED) is 0.136. The van der Waals surface area contributed by atoms with Crippen LogP contribution in [0, 0.1) is 78.0 Å². The zero-order valence-electron chi connectivity index (χ0n) is 32.0. The van der Waals surface area contributed by atoms with Gasteiger partial charge in [-0.3, -0.25) is 0 Å². The number of nitrogens with zero attached hydrogens (tertiary/aromatic N) is 3. The molecule has 0 amide bonds. The molecule has 0 bridgehead atoms. The first-order chi connectivity index (χ1) is 26.0. The molecule has 1 N–H and O–H groups in total. The summed E-state index contributed by atoms with van der Waals surface area (Å²) in [5, 5.41) is 8.79. The summed E-state index contributed by atoms with van der Waals surface area (Å²) in [5.41, 5.74) is 10.9. The number of ether oxygens (including phenoxy) is 1. The summed E-state index contributed by atoms with van der Waals surface area (Å²) in [4.78, 5) is 15.5. The van der Waals surface area contributed by atoms with Gasteiger partial charge in [0.1, 0.15) is 28.6 Å². The zero-order chi connectivity index (χ0) is 38.9. The summed E-state index contributed by atoms with van der Waals surface area (Å²) in [7, 11) is 0. The topological polar surface area (TPSA) is 68.1 Å². The van der Waals surface area contributed by atoms with Gasteiger partial charge in [-0.05, 0) is 161 Å². The van der Waals surface area contributed by atoms with Gasteiger partial charge in [0.05, 0.1) is 11.5 Å². The predicted octanol–water partition coefficient (Wildman–Crippen LogP) is 10.3. The third-order valence-electron chi connectivity index (χ3n) is 7.84. The number of aliphatic hydroxyl groups is 1. The fourth-order valence-corrected chi connectivity index (χ4v) is 5.71. The van der Waals surface area contributed by atoms with E-state index in [1.807, 2.05) is 81.4 Å². The molecule has 0 saturated heterocycles. The van der Waals surface area contributed by atoms with E-state index in [9.17, 15) is 4.39 Å². The minimum Gasteiger partial charge on any atom is -0.491 e. The Morgan fingerprint density at radius 1 is 0.685 bits per heavy atom. The van der Waals surface area contributed by atoms with Crippen molar-refractivity contribution in [3.63, 3.8) is 0 Å². The summed E-state index contributed by atoms with van der Waals surface area (Å²) >= 11 is 1.71. The highest BCUT2D eigenvalue weighted by Gasteiger charge is 2.04. The smallest absolute Gasteiger partial charge is 0.144 e. The molecule has 0 unspecified atom stereocenters. The van der Waals surface area contributed by atoms with Crippen molar-refractivity contribution < 1.29 is 14.2 Å². The van der Waals surface area contributed by atoms with Crippen LogP contribution in [0.25, 0.3) is 12.2 Å². The third-order valence-corrected chi connectivity index (χ3v) is 8.75. The highest BCUT2D eigenvalue weighted by atomic mass is 32.1. The van der Waals surface area contributed by atoms with E-state index in [1.165, 1.54) is 33.7 Å². The first-order valence-corrected chi connectivity index (χ1v) is 18.5. The molecule has 6 rings (SSSR count). The van der Waals surface area contributed by atoms with Crippen LogP contribution in [0.4, 0.5) is 4.39 Å². The Balaban J connectivity index is 0.000000183. The lowest BCUT2D eigenvalue weighted by molar-refractivity contribution is 0.233. The first-order valence-electron chi connectivity index (χ1n) is 17.7. The van der Waals surface area contributed by atoms with Crippen LogP contribution in [-0.2, 0) is 0 Å². The lowest BCUT2D eigenvalue weighted by Crippen LogP contribution is -2.02. The van der Waals surface area contributed by atoms with Crippen LogP contribution >= 0.6 is 11.3 Å². The van der Waals surface area contributed by atoms with Gasteiger partial charge in [-0.15, -0.1) is 11.3 Å². The minimum absolute atomic E-state index is 0.0910. The van der Waals surface area contributed by atoms with Crippen LogP contribution in [0.5, 0.6) is 5.75 Å². The maximum Gasteiger partial charge on any atom is 0.144 e. The van der Waals surface area contributed by atoms with Gasteiger partial charge in [0.15, 0.2) is 0 Å². The van der Waals surface area contributed by atoms with Crippen molar-refractivity contribution in [3.8, 4) is 29.4 Å². The largest absolute Gasteiger partial charge is 0.491 e. The number of aromatic nitrogens is 3. The molecule has 2 aromatic carbocycles. The van der Waals surface area contributed by atoms with Crippen LogP contribution in [0.15, 0.2) is 97.1 Å². The number of pyridine rings is 3. The zero-order valence-corrected chi connectivity index (χ0v) is 32.8. The first kappa shape index (κ1) is 40.9. The van der Waals surface area contributed by atoms with Crippen molar-refractivity contribution >= 4 is 23.5 Å². The highest BCUT2D eigenvalue weighted by molar-refractivity contribution is 7.12. The Hall–Kier alpha value is -5.86. The lowest BCUT2D eigenvalue weighted by Gasteiger charge is -2.08. The van der Waals surface area contributed by atoms with Gasteiger partial charge in [0.2, 0.25) is 0 Å². The number of thiophene rings is 1. The molecule has 0 spiro atoms. The Labute approximate surface area is 323 Å². The van der Waals surface area contributed by atoms with Crippen molar-refractivity contribution in [2.75, 3.05) is 13.2 Å². The molecule has 5 nitrogen and oxygen atoms in total. The molecule has 0 aliphatic heterocycles. The molecule has 6 aromatic rings. The van der Waals surface area contributed by atoms with E-state index in [1.54, 1.807) is 29.6 Å². The van der Waals surface area contributed by atoms with Gasteiger partial charge in [0.25, 0.3) is 0 Å². The molecule has 0 saturated carbocycles. The molecule has 54 heavy (non-hydrogen) atoms. The second-order valence-electron chi connectivity index (χ2n) is 12.6. The number of hydrogen-bond donors (Lipinski definition) is 1. The average molecular weight is 736 g/mol. The lowest BCUT2D eigenvalue weighted by atomic mass is 10.0. The van der Waals surface area contributed by atoms with Gasteiger partial charge >= 0.3 is 0 Å². The number of halogens is 1. The van der Waals surface area contributed by atoms with Crippen LogP contribution in [-0.4, -0.2) is 33.3 Å². The van der Waals surface area contributed by atoms with Crippen molar-refractivity contribution in [3.05, 3.63) is 175 Å². The Morgan fingerprint density at radius 2 is 1.35 bits per heavy atom. The maximum atomic E-state index is 13.1.